The topological polar surface area (TPSA) is 96.8 Å². The molecule has 0 fully saturated rings. The summed E-state index contributed by atoms with van der Waals surface area (Å²) in [5, 5.41) is 10.6. The SMILES string of the molecule is COCCOCCCOc1ccc([N+](=O)[O-])c(N)c1. The number of benzene rings is 1. The summed E-state index contributed by atoms with van der Waals surface area (Å²) in [6.45, 7) is 2.16. The van der Waals surface area contributed by atoms with Gasteiger partial charge in [-0.2, -0.15) is 0 Å². The summed E-state index contributed by atoms with van der Waals surface area (Å²) in [7, 11) is 1.62. The van der Waals surface area contributed by atoms with E-state index in [9.17, 15) is 10.1 Å². The maximum absolute atomic E-state index is 10.6. The molecule has 2 N–H and O–H groups in total. The Morgan fingerprint density at radius 1 is 1.26 bits per heavy atom. The largest absolute Gasteiger partial charge is 0.493 e. The molecule has 0 aromatic heterocycles. The Morgan fingerprint density at radius 2 is 2.05 bits per heavy atom. The lowest BCUT2D eigenvalue weighted by atomic mass is 10.2. The van der Waals surface area contributed by atoms with Crippen molar-refractivity contribution in [2.75, 3.05) is 39.3 Å². The third-order valence-electron chi connectivity index (χ3n) is 2.33. The number of nitrogen functional groups attached to an aromatic ring is 1. The van der Waals surface area contributed by atoms with E-state index in [0.29, 0.717) is 32.2 Å². The summed E-state index contributed by atoms with van der Waals surface area (Å²) in [6.07, 6.45) is 0.723. The van der Waals surface area contributed by atoms with Crippen molar-refractivity contribution in [3.8, 4) is 5.75 Å². The van der Waals surface area contributed by atoms with E-state index in [4.69, 9.17) is 19.9 Å². The molecule has 0 unspecified atom stereocenters. The summed E-state index contributed by atoms with van der Waals surface area (Å²) in [6, 6.07) is 4.31. The molecule has 19 heavy (non-hydrogen) atoms. The van der Waals surface area contributed by atoms with Crippen molar-refractivity contribution in [1.29, 1.82) is 0 Å². The summed E-state index contributed by atoms with van der Waals surface area (Å²) in [4.78, 5) is 10.1. The molecule has 0 amide bonds. The fourth-order valence-electron chi connectivity index (χ4n) is 1.38. The normalized spacial score (nSPS) is 10.4. The zero-order valence-electron chi connectivity index (χ0n) is 10.8. The minimum atomic E-state index is -0.525. The molecule has 0 bridgehead atoms. The minimum Gasteiger partial charge on any atom is -0.493 e. The fourth-order valence-corrected chi connectivity index (χ4v) is 1.38. The molecular weight excluding hydrogens is 252 g/mol. The van der Waals surface area contributed by atoms with Crippen molar-refractivity contribution < 1.29 is 19.1 Å². The molecule has 0 aliphatic rings. The molecule has 0 radical (unpaired) electrons. The first-order chi connectivity index (χ1) is 9.15. The molecule has 0 saturated carbocycles. The van der Waals surface area contributed by atoms with Crippen LogP contribution in [0.1, 0.15) is 6.42 Å². The number of nitro benzene ring substituents is 1. The van der Waals surface area contributed by atoms with Crippen molar-refractivity contribution in [3.63, 3.8) is 0 Å². The molecule has 106 valence electrons. The molecular formula is C12H18N2O5. The van der Waals surface area contributed by atoms with Gasteiger partial charge in [-0.15, -0.1) is 0 Å². The van der Waals surface area contributed by atoms with E-state index in [1.165, 1.54) is 18.2 Å². The maximum Gasteiger partial charge on any atom is 0.292 e. The van der Waals surface area contributed by atoms with Crippen LogP contribution in [0, 0.1) is 10.1 Å². The number of nitrogens with two attached hydrogens (primary N) is 1. The monoisotopic (exact) mass is 270 g/mol. The maximum atomic E-state index is 10.6. The van der Waals surface area contributed by atoms with Crippen molar-refractivity contribution in [1.82, 2.24) is 0 Å². The predicted octanol–water partition coefficient (Wildman–Crippen LogP) is 1.61. The second-order valence-corrected chi connectivity index (χ2v) is 3.78. The van der Waals surface area contributed by atoms with Crippen molar-refractivity contribution in [2.45, 2.75) is 6.42 Å². The van der Waals surface area contributed by atoms with Crippen LogP contribution in [0.25, 0.3) is 0 Å². The first-order valence-corrected chi connectivity index (χ1v) is 5.88. The third-order valence-corrected chi connectivity index (χ3v) is 2.33. The van der Waals surface area contributed by atoms with Gasteiger partial charge in [0.15, 0.2) is 0 Å². The zero-order chi connectivity index (χ0) is 14.1. The third kappa shape index (κ3) is 5.54. The van der Waals surface area contributed by atoms with Crippen LogP contribution in [0.2, 0.25) is 0 Å². The van der Waals surface area contributed by atoms with E-state index in [1.54, 1.807) is 7.11 Å². The van der Waals surface area contributed by atoms with Gasteiger partial charge in [-0.05, 0) is 6.07 Å². The van der Waals surface area contributed by atoms with Crippen LogP contribution in [0.5, 0.6) is 5.75 Å². The second kappa shape index (κ2) is 8.28. The van der Waals surface area contributed by atoms with Gasteiger partial charge in [-0.3, -0.25) is 10.1 Å². The van der Waals surface area contributed by atoms with Gasteiger partial charge in [0.2, 0.25) is 0 Å². The lowest BCUT2D eigenvalue weighted by Crippen LogP contribution is -2.07. The van der Waals surface area contributed by atoms with Gasteiger partial charge in [0.1, 0.15) is 11.4 Å². The van der Waals surface area contributed by atoms with E-state index >= 15 is 0 Å². The lowest BCUT2D eigenvalue weighted by Gasteiger charge is -2.07. The number of nitro groups is 1. The van der Waals surface area contributed by atoms with E-state index in [0.717, 1.165) is 6.42 Å². The number of hydrogen-bond donors (Lipinski definition) is 1. The highest BCUT2D eigenvalue weighted by molar-refractivity contribution is 5.60. The van der Waals surface area contributed by atoms with Gasteiger partial charge in [0, 0.05) is 32.3 Å². The summed E-state index contributed by atoms with van der Waals surface area (Å²) >= 11 is 0. The van der Waals surface area contributed by atoms with Gasteiger partial charge >= 0.3 is 0 Å². The van der Waals surface area contributed by atoms with Crippen LogP contribution >= 0.6 is 0 Å². The molecule has 1 aromatic rings. The van der Waals surface area contributed by atoms with Crippen LogP contribution in [-0.2, 0) is 9.47 Å². The van der Waals surface area contributed by atoms with E-state index in [1.807, 2.05) is 0 Å². The van der Waals surface area contributed by atoms with Gasteiger partial charge in [0.05, 0.1) is 24.7 Å². The quantitative estimate of drug-likeness (QED) is 0.317. The van der Waals surface area contributed by atoms with Crippen LogP contribution in [0.4, 0.5) is 11.4 Å². The van der Waals surface area contributed by atoms with Gasteiger partial charge in [-0.1, -0.05) is 0 Å². The summed E-state index contributed by atoms with van der Waals surface area (Å²) in [5.41, 5.74) is 5.53. The number of nitrogens with zero attached hydrogens (tertiary/aromatic N) is 1. The lowest BCUT2D eigenvalue weighted by molar-refractivity contribution is -0.383. The van der Waals surface area contributed by atoms with Crippen LogP contribution in [0.15, 0.2) is 18.2 Å². The Morgan fingerprint density at radius 3 is 2.68 bits per heavy atom. The minimum absolute atomic E-state index is 0.0962. The Balaban J connectivity index is 2.26. The second-order valence-electron chi connectivity index (χ2n) is 3.78. The first-order valence-electron chi connectivity index (χ1n) is 5.88. The number of methoxy groups -OCH3 is 1. The zero-order valence-corrected chi connectivity index (χ0v) is 10.8. The molecule has 0 aliphatic heterocycles. The molecule has 7 heteroatoms. The van der Waals surface area contributed by atoms with E-state index in [2.05, 4.69) is 0 Å². The standard InChI is InChI=1S/C12H18N2O5/c1-17-7-8-18-5-2-6-19-10-3-4-12(14(15)16)11(13)9-10/h3-4,9H,2,5-8,13H2,1H3. The molecule has 1 rings (SSSR count). The Kier molecular flexibility index (Phi) is 6.62. The smallest absolute Gasteiger partial charge is 0.292 e. The highest BCUT2D eigenvalue weighted by Crippen LogP contribution is 2.25. The van der Waals surface area contributed by atoms with Crippen molar-refractivity contribution >= 4 is 11.4 Å². The summed E-state index contributed by atoms with van der Waals surface area (Å²) in [5.74, 6) is 0.514. The molecule has 0 heterocycles. The van der Waals surface area contributed by atoms with Gasteiger partial charge in [-0.25, -0.2) is 0 Å². The number of anilines is 1. The number of hydrogen-bond acceptors (Lipinski definition) is 6. The Hall–Kier alpha value is -1.86. The number of ether oxygens (including phenoxy) is 3. The predicted molar refractivity (Wildman–Crippen MR) is 70.3 cm³/mol. The van der Waals surface area contributed by atoms with Crippen LogP contribution in [-0.4, -0.2) is 38.5 Å². The Bertz CT molecular complexity index is 411. The highest BCUT2D eigenvalue weighted by atomic mass is 16.6. The fraction of sp³-hybridized carbons (Fsp3) is 0.500. The molecule has 0 spiro atoms. The van der Waals surface area contributed by atoms with Crippen LogP contribution in [0.3, 0.4) is 0 Å². The molecule has 0 saturated heterocycles. The first kappa shape index (κ1) is 15.2. The molecule has 0 atom stereocenters. The van der Waals surface area contributed by atoms with Crippen molar-refractivity contribution in [3.05, 3.63) is 28.3 Å². The van der Waals surface area contributed by atoms with Crippen molar-refractivity contribution in [2.24, 2.45) is 0 Å². The average molecular weight is 270 g/mol. The van der Waals surface area contributed by atoms with E-state index in [-0.39, 0.29) is 11.4 Å². The van der Waals surface area contributed by atoms with Gasteiger partial charge < -0.3 is 19.9 Å². The van der Waals surface area contributed by atoms with Gasteiger partial charge in [0.25, 0.3) is 5.69 Å². The molecule has 7 nitrogen and oxygen atoms in total. The van der Waals surface area contributed by atoms with E-state index < -0.39 is 4.92 Å². The van der Waals surface area contributed by atoms with Crippen LogP contribution < -0.4 is 10.5 Å². The summed E-state index contributed by atoms with van der Waals surface area (Å²) < 4.78 is 15.5. The highest BCUT2D eigenvalue weighted by Gasteiger charge is 2.11. The average Bonchev–Trinajstić information content (AvgIpc) is 2.37. The molecule has 1 aromatic carbocycles. The molecule has 0 aliphatic carbocycles. The Labute approximate surface area is 111 Å². The number of rotatable bonds is 9.